The molecule has 15 heavy (non-hydrogen) atoms. The Labute approximate surface area is 89.8 Å². The van der Waals surface area contributed by atoms with E-state index in [0.717, 1.165) is 11.5 Å². The van der Waals surface area contributed by atoms with E-state index in [4.69, 9.17) is 10.2 Å². The number of hydrogen-bond acceptors (Lipinski definition) is 3. The second-order valence-electron chi connectivity index (χ2n) is 4.28. The topological polar surface area (TPSA) is 68.3 Å². The van der Waals surface area contributed by atoms with Crippen LogP contribution in [0.5, 0.6) is 0 Å². The van der Waals surface area contributed by atoms with E-state index in [1.807, 2.05) is 32.9 Å². The molecule has 0 saturated heterocycles. The van der Waals surface area contributed by atoms with Crippen molar-refractivity contribution in [3.05, 3.63) is 23.7 Å². The van der Waals surface area contributed by atoms with Crippen molar-refractivity contribution < 1.29 is 9.21 Å². The molecule has 1 rings (SSSR count). The number of carbonyl (C=O) groups excluding carboxylic acids is 1. The third kappa shape index (κ3) is 3.09. The van der Waals surface area contributed by atoms with Crippen LogP contribution in [0.25, 0.3) is 0 Å². The van der Waals surface area contributed by atoms with Crippen molar-refractivity contribution in [3.8, 4) is 0 Å². The van der Waals surface area contributed by atoms with Gasteiger partial charge in [0.2, 0.25) is 5.91 Å². The fourth-order valence-corrected chi connectivity index (χ4v) is 1.08. The molecule has 1 amide bonds. The summed E-state index contributed by atoms with van der Waals surface area (Å²) in [7, 11) is 0. The third-order valence-corrected chi connectivity index (χ3v) is 2.34. The lowest BCUT2D eigenvalue weighted by Gasteiger charge is -2.20. The van der Waals surface area contributed by atoms with E-state index in [2.05, 4.69) is 5.32 Å². The largest absolute Gasteiger partial charge is 0.465 e. The molecule has 0 spiro atoms. The molecular formula is C11H18N2O2. The molecule has 0 atom stereocenters. The van der Waals surface area contributed by atoms with Crippen LogP contribution in [-0.2, 0) is 11.3 Å². The summed E-state index contributed by atoms with van der Waals surface area (Å²) in [5, 5.41) is 2.79. The number of nitrogens with one attached hydrogen (secondary N) is 1. The summed E-state index contributed by atoms with van der Waals surface area (Å²) >= 11 is 0. The molecule has 0 aliphatic carbocycles. The van der Waals surface area contributed by atoms with Gasteiger partial charge in [-0.2, -0.15) is 0 Å². The lowest BCUT2D eigenvalue weighted by molar-refractivity contribution is -0.129. The Morgan fingerprint density at radius 3 is 2.67 bits per heavy atom. The zero-order valence-electron chi connectivity index (χ0n) is 9.46. The standard InChI is InChI=1S/C11H18N2O2/c1-8-4-5-9(15-8)6-13-10(14)11(2,3)7-12/h4-5H,6-7,12H2,1-3H3,(H,13,14). The molecule has 0 saturated carbocycles. The molecule has 4 heteroatoms. The zero-order chi connectivity index (χ0) is 11.5. The molecule has 0 bridgehead atoms. The SMILES string of the molecule is Cc1ccc(CNC(=O)C(C)(C)CN)o1. The van der Waals surface area contributed by atoms with E-state index in [-0.39, 0.29) is 5.91 Å². The molecule has 0 radical (unpaired) electrons. The van der Waals surface area contributed by atoms with Crippen molar-refractivity contribution in [3.63, 3.8) is 0 Å². The molecular weight excluding hydrogens is 192 g/mol. The van der Waals surface area contributed by atoms with Crippen LogP contribution in [0.15, 0.2) is 16.5 Å². The van der Waals surface area contributed by atoms with Gasteiger partial charge in [-0.15, -0.1) is 0 Å². The Hall–Kier alpha value is -1.29. The van der Waals surface area contributed by atoms with Crippen molar-refractivity contribution in [1.29, 1.82) is 0 Å². The number of nitrogens with two attached hydrogens (primary N) is 1. The van der Waals surface area contributed by atoms with Gasteiger partial charge in [0, 0.05) is 6.54 Å². The molecule has 3 N–H and O–H groups in total. The highest BCUT2D eigenvalue weighted by atomic mass is 16.3. The van der Waals surface area contributed by atoms with E-state index in [1.54, 1.807) is 0 Å². The Morgan fingerprint density at radius 1 is 1.53 bits per heavy atom. The minimum absolute atomic E-state index is 0.0564. The van der Waals surface area contributed by atoms with Gasteiger partial charge >= 0.3 is 0 Å². The van der Waals surface area contributed by atoms with Crippen LogP contribution >= 0.6 is 0 Å². The molecule has 0 unspecified atom stereocenters. The van der Waals surface area contributed by atoms with Crippen LogP contribution in [0.2, 0.25) is 0 Å². The van der Waals surface area contributed by atoms with Crippen LogP contribution in [-0.4, -0.2) is 12.5 Å². The molecule has 1 aromatic rings. The molecule has 1 heterocycles. The maximum absolute atomic E-state index is 11.6. The minimum Gasteiger partial charge on any atom is -0.465 e. The van der Waals surface area contributed by atoms with Crippen LogP contribution in [0, 0.1) is 12.3 Å². The average Bonchev–Trinajstić information content (AvgIpc) is 2.60. The highest BCUT2D eigenvalue weighted by molar-refractivity contribution is 5.81. The Morgan fingerprint density at radius 2 is 2.20 bits per heavy atom. The van der Waals surface area contributed by atoms with Gasteiger partial charge < -0.3 is 15.5 Å². The Balaban J connectivity index is 2.47. The highest BCUT2D eigenvalue weighted by Crippen LogP contribution is 2.13. The summed E-state index contributed by atoms with van der Waals surface area (Å²) in [6, 6.07) is 3.72. The summed E-state index contributed by atoms with van der Waals surface area (Å²) in [6.07, 6.45) is 0. The number of rotatable bonds is 4. The number of carbonyl (C=O) groups is 1. The van der Waals surface area contributed by atoms with Crippen LogP contribution in [0.4, 0.5) is 0 Å². The summed E-state index contributed by atoms with van der Waals surface area (Å²) < 4.78 is 5.33. The number of hydrogen-bond donors (Lipinski definition) is 2. The van der Waals surface area contributed by atoms with E-state index in [9.17, 15) is 4.79 Å². The van der Waals surface area contributed by atoms with Gasteiger partial charge in [-0.05, 0) is 32.9 Å². The number of aryl methyl sites for hydroxylation is 1. The highest BCUT2D eigenvalue weighted by Gasteiger charge is 2.25. The first-order valence-corrected chi connectivity index (χ1v) is 4.99. The molecule has 84 valence electrons. The maximum atomic E-state index is 11.6. The monoisotopic (exact) mass is 210 g/mol. The molecule has 0 fully saturated rings. The van der Waals surface area contributed by atoms with E-state index >= 15 is 0 Å². The Kier molecular flexibility index (Phi) is 3.52. The fraction of sp³-hybridized carbons (Fsp3) is 0.545. The molecule has 4 nitrogen and oxygen atoms in total. The molecule has 0 aromatic carbocycles. The van der Waals surface area contributed by atoms with E-state index < -0.39 is 5.41 Å². The maximum Gasteiger partial charge on any atom is 0.227 e. The van der Waals surface area contributed by atoms with Crippen molar-refractivity contribution in [2.24, 2.45) is 11.1 Å². The quantitative estimate of drug-likeness (QED) is 0.784. The first-order chi connectivity index (χ1) is 6.95. The normalized spacial score (nSPS) is 11.5. The van der Waals surface area contributed by atoms with Crippen molar-refractivity contribution >= 4 is 5.91 Å². The summed E-state index contributed by atoms with van der Waals surface area (Å²) in [6.45, 7) is 6.24. The number of furan rings is 1. The number of amides is 1. The van der Waals surface area contributed by atoms with Gasteiger partial charge in [0.05, 0.1) is 12.0 Å². The zero-order valence-corrected chi connectivity index (χ0v) is 9.46. The summed E-state index contributed by atoms with van der Waals surface area (Å²) in [5.41, 5.74) is 4.97. The van der Waals surface area contributed by atoms with Gasteiger partial charge in [0.25, 0.3) is 0 Å². The van der Waals surface area contributed by atoms with E-state index in [0.29, 0.717) is 13.1 Å². The van der Waals surface area contributed by atoms with Crippen LogP contribution in [0.3, 0.4) is 0 Å². The lowest BCUT2D eigenvalue weighted by atomic mass is 9.93. The second-order valence-corrected chi connectivity index (χ2v) is 4.28. The predicted octanol–water partition coefficient (Wildman–Crippen LogP) is 1.19. The Bertz CT molecular complexity index is 342. The van der Waals surface area contributed by atoms with Crippen molar-refractivity contribution in [2.75, 3.05) is 6.54 Å². The molecule has 0 aliphatic heterocycles. The third-order valence-electron chi connectivity index (χ3n) is 2.34. The molecule has 1 aromatic heterocycles. The van der Waals surface area contributed by atoms with Gasteiger partial charge in [-0.25, -0.2) is 0 Å². The second kappa shape index (κ2) is 4.49. The van der Waals surface area contributed by atoms with Crippen molar-refractivity contribution in [1.82, 2.24) is 5.32 Å². The first-order valence-electron chi connectivity index (χ1n) is 4.99. The van der Waals surface area contributed by atoms with Crippen LogP contribution in [0.1, 0.15) is 25.4 Å². The van der Waals surface area contributed by atoms with Gasteiger partial charge in [0.1, 0.15) is 11.5 Å². The van der Waals surface area contributed by atoms with Gasteiger partial charge in [-0.3, -0.25) is 4.79 Å². The average molecular weight is 210 g/mol. The molecule has 0 aliphatic rings. The summed E-state index contributed by atoms with van der Waals surface area (Å²) in [4.78, 5) is 11.6. The van der Waals surface area contributed by atoms with Crippen LogP contribution < -0.4 is 11.1 Å². The first kappa shape index (κ1) is 11.8. The van der Waals surface area contributed by atoms with Gasteiger partial charge in [0.15, 0.2) is 0 Å². The van der Waals surface area contributed by atoms with E-state index in [1.165, 1.54) is 0 Å². The fourth-order valence-electron chi connectivity index (χ4n) is 1.08. The lowest BCUT2D eigenvalue weighted by Crippen LogP contribution is -2.41. The minimum atomic E-state index is -0.526. The predicted molar refractivity (Wildman–Crippen MR) is 58.1 cm³/mol. The van der Waals surface area contributed by atoms with Gasteiger partial charge in [-0.1, -0.05) is 0 Å². The smallest absolute Gasteiger partial charge is 0.227 e. The van der Waals surface area contributed by atoms with Crippen molar-refractivity contribution in [2.45, 2.75) is 27.3 Å². The summed E-state index contributed by atoms with van der Waals surface area (Å²) in [5.74, 6) is 1.55.